The average molecular weight is 436 g/mol. The molecule has 1 heterocycles. The summed E-state index contributed by atoms with van der Waals surface area (Å²) in [5.74, 6) is -0.191. The topological polar surface area (TPSA) is 60.9 Å². The van der Waals surface area contributed by atoms with E-state index in [0.29, 0.717) is 36.9 Å². The number of amides is 1. The highest BCUT2D eigenvalue weighted by Crippen LogP contribution is 2.27. The monoisotopic (exact) mass is 435 g/mol. The molecule has 29 heavy (non-hydrogen) atoms. The largest absolute Gasteiger partial charge is 0.368 e. The lowest BCUT2D eigenvalue weighted by Gasteiger charge is -2.37. The summed E-state index contributed by atoms with van der Waals surface area (Å²) >= 11 is 6.07. The average Bonchev–Trinajstić information content (AvgIpc) is 2.66. The van der Waals surface area contributed by atoms with Crippen LogP contribution in [0.1, 0.15) is 11.1 Å². The third-order valence-corrected chi connectivity index (χ3v) is 6.52. The maximum atomic E-state index is 12.9. The lowest BCUT2D eigenvalue weighted by Crippen LogP contribution is -2.52. The van der Waals surface area contributed by atoms with Crippen LogP contribution in [-0.4, -0.2) is 58.2 Å². The Bertz CT molecular complexity index is 982. The van der Waals surface area contributed by atoms with Crippen LogP contribution in [0.2, 0.25) is 5.02 Å². The highest BCUT2D eigenvalue weighted by atomic mass is 35.5. The van der Waals surface area contributed by atoms with Gasteiger partial charge in [0.1, 0.15) is 6.54 Å². The van der Waals surface area contributed by atoms with E-state index in [2.05, 4.69) is 4.90 Å². The molecule has 0 spiro atoms. The molecule has 1 fully saturated rings. The summed E-state index contributed by atoms with van der Waals surface area (Å²) < 4.78 is 26.1. The highest BCUT2D eigenvalue weighted by molar-refractivity contribution is 7.92. The summed E-state index contributed by atoms with van der Waals surface area (Å²) in [6.07, 6.45) is 1.14. The molecular weight excluding hydrogens is 410 g/mol. The van der Waals surface area contributed by atoms with Crippen LogP contribution in [0.5, 0.6) is 0 Å². The molecule has 0 aliphatic carbocycles. The van der Waals surface area contributed by atoms with Crippen LogP contribution < -0.4 is 9.21 Å². The zero-order valence-electron chi connectivity index (χ0n) is 16.9. The molecule has 0 bridgehead atoms. The number of carbonyl (C=O) groups excluding carboxylic acids is 1. The van der Waals surface area contributed by atoms with E-state index in [1.165, 1.54) is 4.31 Å². The quantitative estimate of drug-likeness (QED) is 0.724. The number of hydrogen-bond donors (Lipinski definition) is 0. The Labute approximate surface area is 177 Å². The van der Waals surface area contributed by atoms with Gasteiger partial charge in [-0.3, -0.25) is 9.10 Å². The zero-order valence-corrected chi connectivity index (χ0v) is 18.5. The molecule has 2 aromatic carbocycles. The first-order valence-electron chi connectivity index (χ1n) is 9.49. The van der Waals surface area contributed by atoms with Crippen LogP contribution in [-0.2, 0) is 14.8 Å². The Hall–Kier alpha value is -2.25. The van der Waals surface area contributed by atoms with Crippen molar-refractivity contribution in [3.63, 3.8) is 0 Å². The summed E-state index contributed by atoms with van der Waals surface area (Å²) in [6, 6.07) is 13.2. The summed E-state index contributed by atoms with van der Waals surface area (Å²) in [5, 5.41) is 0.679. The molecule has 1 saturated heterocycles. The van der Waals surface area contributed by atoms with Crippen molar-refractivity contribution < 1.29 is 13.2 Å². The van der Waals surface area contributed by atoms with Gasteiger partial charge in [0.05, 0.1) is 11.9 Å². The Kier molecular flexibility index (Phi) is 6.39. The SMILES string of the molecule is Cc1cccc(C)c1N(CC(=O)N1CCN(c2cccc(Cl)c2)CC1)S(C)(=O)=O. The van der Waals surface area contributed by atoms with Crippen molar-refractivity contribution in [1.82, 2.24) is 4.90 Å². The highest BCUT2D eigenvalue weighted by Gasteiger charge is 2.28. The van der Waals surface area contributed by atoms with Gasteiger partial charge in [0.2, 0.25) is 15.9 Å². The van der Waals surface area contributed by atoms with Crippen molar-refractivity contribution in [2.45, 2.75) is 13.8 Å². The van der Waals surface area contributed by atoms with E-state index in [4.69, 9.17) is 11.6 Å². The predicted molar refractivity (Wildman–Crippen MR) is 118 cm³/mol. The second-order valence-corrected chi connectivity index (χ2v) is 9.70. The van der Waals surface area contributed by atoms with Crippen LogP contribution in [0.4, 0.5) is 11.4 Å². The number of nitrogens with zero attached hydrogens (tertiary/aromatic N) is 3. The maximum Gasteiger partial charge on any atom is 0.243 e. The second-order valence-electron chi connectivity index (χ2n) is 7.36. The molecule has 6 nitrogen and oxygen atoms in total. The van der Waals surface area contributed by atoms with Gasteiger partial charge in [0.25, 0.3) is 0 Å². The minimum Gasteiger partial charge on any atom is -0.368 e. The van der Waals surface area contributed by atoms with Crippen molar-refractivity contribution in [3.05, 3.63) is 58.6 Å². The third kappa shape index (κ3) is 5.03. The molecule has 0 atom stereocenters. The van der Waals surface area contributed by atoms with Gasteiger partial charge < -0.3 is 9.80 Å². The van der Waals surface area contributed by atoms with Crippen molar-refractivity contribution in [3.8, 4) is 0 Å². The van der Waals surface area contributed by atoms with Crippen LogP contribution in [0.15, 0.2) is 42.5 Å². The lowest BCUT2D eigenvalue weighted by molar-refractivity contribution is -0.129. The van der Waals surface area contributed by atoms with Gasteiger partial charge in [-0.25, -0.2) is 8.42 Å². The lowest BCUT2D eigenvalue weighted by atomic mass is 10.1. The zero-order chi connectivity index (χ0) is 21.2. The maximum absolute atomic E-state index is 12.9. The van der Waals surface area contributed by atoms with Gasteiger partial charge in [0.15, 0.2) is 0 Å². The van der Waals surface area contributed by atoms with Gasteiger partial charge in [-0.1, -0.05) is 35.9 Å². The number of halogens is 1. The molecule has 0 radical (unpaired) electrons. The molecule has 3 rings (SSSR count). The molecule has 8 heteroatoms. The fourth-order valence-corrected chi connectivity index (χ4v) is 4.82. The molecule has 0 N–H and O–H groups in total. The first-order valence-corrected chi connectivity index (χ1v) is 11.7. The van der Waals surface area contributed by atoms with Crippen molar-refractivity contribution in [1.29, 1.82) is 0 Å². The van der Waals surface area contributed by atoms with Crippen LogP contribution in [0.25, 0.3) is 0 Å². The molecule has 1 aliphatic heterocycles. The number of rotatable bonds is 5. The van der Waals surface area contributed by atoms with Gasteiger partial charge in [0, 0.05) is 36.9 Å². The van der Waals surface area contributed by atoms with Gasteiger partial charge in [-0.05, 0) is 43.2 Å². The smallest absolute Gasteiger partial charge is 0.243 e. The third-order valence-electron chi connectivity index (χ3n) is 5.17. The van der Waals surface area contributed by atoms with E-state index in [-0.39, 0.29) is 12.5 Å². The van der Waals surface area contributed by atoms with Crippen molar-refractivity contribution >= 4 is 38.9 Å². The van der Waals surface area contributed by atoms with Crippen LogP contribution >= 0.6 is 11.6 Å². The standard InChI is InChI=1S/C21H26ClN3O3S/c1-16-6-4-7-17(2)21(16)25(29(3,27)28)15-20(26)24-12-10-23(11-13-24)19-9-5-8-18(22)14-19/h4-9,14H,10-13,15H2,1-3H3. The minimum atomic E-state index is -3.59. The van der Waals surface area contributed by atoms with Crippen LogP contribution in [0, 0.1) is 13.8 Å². The van der Waals surface area contributed by atoms with Gasteiger partial charge in [-0.15, -0.1) is 0 Å². The molecule has 2 aromatic rings. The second kappa shape index (κ2) is 8.63. The van der Waals surface area contributed by atoms with E-state index in [9.17, 15) is 13.2 Å². The Balaban J connectivity index is 1.72. The fourth-order valence-electron chi connectivity index (χ4n) is 3.67. The molecule has 0 aromatic heterocycles. The number of aryl methyl sites for hydroxylation is 2. The van der Waals surface area contributed by atoms with Crippen LogP contribution in [0.3, 0.4) is 0 Å². The normalized spacial score (nSPS) is 14.8. The molecular formula is C21H26ClN3O3S. The van der Waals surface area contributed by atoms with Crippen molar-refractivity contribution in [2.24, 2.45) is 0 Å². The number of piperazine rings is 1. The van der Waals surface area contributed by atoms with Crippen molar-refractivity contribution in [2.75, 3.05) is 48.2 Å². The van der Waals surface area contributed by atoms with E-state index in [1.807, 2.05) is 56.3 Å². The Morgan fingerprint density at radius 1 is 1.03 bits per heavy atom. The first kappa shape index (κ1) is 21.5. The summed E-state index contributed by atoms with van der Waals surface area (Å²) in [5.41, 5.74) is 3.27. The number of benzene rings is 2. The van der Waals surface area contributed by atoms with Gasteiger partial charge >= 0.3 is 0 Å². The molecule has 156 valence electrons. The minimum absolute atomic E-state index is 0.191. The molecule has 0 unspecified atom stereocenters. The molecule has 1 aliphatic rings. The molecule has 1 amide bonds. The van der Waals surface area contributed by atoms with E-state index in [0.717, 1.165) is 23.1 Å². The van der Waals surface area contributed by atoms with E-state index >= 15 is 0 Å². The predicted octanol–water partition coefficient (Wildman–Crippen LogP) is 3.07. The Morgan fingerprint density at radius 2 is 1.62 bits per heavy atom. The number of hydrogen-bond acceptors (Lipinski definition) is 4. The number of anilines is 2. The molecule has 0 saturated carbocycles. The van der Waals surface area contributed by atoms with E-state index < -0.39 is 10.0 Å². The van der Waals surface area contributed by atoms with E-state index in [1.54, 1.807) is 4.90 Å². The summed E-state index contributed by atoms with van der Waals surface area (Å²) in [7, 11) is -3.59. The van der Waals surface area contributed by atoms with Gasteiger partial charge in [-0.2, -0.15) is 0 Å². The first-order chi connectivity index (χ1) is 13.7. The number of para-hydroxylation sites is 1. The number of carbonyl (C=O) groups is 1. The fraction of sp³-hybridized carbons (Fsp3) is 0.381. The summed E-state index contributed by atoms with van der Waals surface area (Å²) in [4.78, 5) is 16.8. The number of sulfonamides is 1. The Morgan fingerprint density at radius 3 is 2.17 bits per heavy atom. The summed E-state index contributed by atoms with van der Waals surface area (Å²) in [6.45, 7) is 5.94.